The summed E-state index contributed by atoms with van der Waals surface area (Å²) in [6, 6.07) is 16.1. The summed E-state index contributed by atoms with van der Waals surface area (Å²) in [5.74, 6) is 0.959. The largest absolute Gasteiger partial charge is 0.354 e. The molecule has 0 aliphatic carbocycles. The lowest BCUT2D eigenvalue weighted by atomic mass is 10.2. The van der Waals surface area contributed by atoms with E-state index in [-0.39, 0.29) is 11.9 Å². The average molecular weight is 320 g/mol. The second-order valence-corrected chi connectivity index (χ2v) is 6.24. The Balaban J connectivity index is 1.47. The number of nitrogens with zero attached hydrogens (tertiary/aromatic N) is 3. The molecule has 1 unspecified atom stereocenters. The number of aromatic nitrogens is 2. The minimum absolute atomic E-state index is 0.0124. The molecule has 1 aliphatic rings. The Labute approximate surface area is 140 Å². The molecule has 1 atom stereocenters. The fraction of sp³-hybridized carbons (Fsp3) is 0.263. The van der Waals surface area contributed by atoms with Crippen molar-refractivity contribution in [3.05, 3.63) is 60.4 Å². The molecular formula is C19H20N4O. The summed E-state index contributed by atoms with van der Waals surface area (Å²) in [5.41, 5.74) is 1.77. The van der Waals surface area contributed by atoms with Crippen LogP contribution >= 0.6 is 0 Å². The number of carbonyl (C=O) groups is 1. The van der Waals surface area contributed by atoms with Gasteiger partial charge in [0.1, 0.15) is 11.5 Å². The molecule has 3 heterocycles. The SMILES string of the molecule is Cn1c(C(=O)NC2CCN(c3ccccn3)C2)cc2ccccc21. The number of benzene rings is 1. The molecule has 122 valence electrons. The first-order valence-electron chi connectivity index (χ1n) is 8.23. The van der Waals surface area contributed by atoms with E-state index in [0.29, 0.717) is 5.69 Å². The summed E-state index contributed by atoms with van der Waals surface area (Å²) in [6.45, 7) is 1.71. The summed E-state index contributed by atoms with van der Waals surface area (Å²) in [6.07, 6.45) is 2.74. The number of hydrogen-bond donors (Lipinski definition) is 1. The van der Waals surface area contributed by atoms with Gasteiger partial charge < -0.3 is 14.8 Å². The van der Waals surface area contributed by atoms with Crippen LogP contribution in [-0.4, -0.2) is 34.6 Å². The van der Waals surface area contributed by atoms with Crippen molar-refractivity contribution in [3.63, 3.8) is 0 Å². The quantitative estimate of drug-likeness (QED) is 0.807. The number of aryl methyl sites for hydroxylation is 1. The number of para-hydroxylation sites is 1. The van der Waals surface area contributed by atoms with E-state index in [9.17, 15) is 4.79 Å². The summed E-state index contributed by atoms with van der Waals surface area (Å²) < 4.78 is 1.95. The van der Waals surface area contributed by atoms with Crippen molar-refractivity contribution in [2.75, 3.05) is 18.0 Å². The Bertz CT molecular complexity index is 871. The van der Waals surface area contributed by atoms with Gasteiger partial charge in [0.25, 0.3) is 5.91 Å². The lowest BCUT2D eigenvalue weighted by Crippen LogP contribution is -2.38. The molecule has 0 bridgehead atoms. The summed E-state index contributed by atoms with van der Waals surface area (Å²) in [7, 11) is 1.94. The van der Waals surface area contributed by atoms with Crippen LogP contribution < -0.4 is 10.2 Å². The van der Waals surface area contributed by atoms with Gasteiger partial charge in [0, 0.05) is 43.3 Å². The van der Waals surface area contributed by atoms with Gasteiger partial charge in [-0.2, -0.15) is 0 Å². The van der Waals surface area contributed by atoms with Crippen LogP contribution in [0, 0.1) is 0 Å². The molecule has 1 N–H and O–H groups in total. The van der Waals surface area contributed by atoms with Crippen LogP contribution in [0.1, 0.15) is 16.9 Å². The van der Waals surface area contributed by atoms with Crippen molar-refractivity contribution in [1.82, 2.24) is 14.9 Å². The number of rotatable bonds is 3. The molecule has 2 aromatic heterocycles. The molecule has 0 saturated carbocycles. The second kappa shape index (κ2) is 6.00. The molecule has 5 heteroatoms. The van der Waals surface area contributed by atoms with E-state index in [1.807, 2.05) is 60.1 Å². The van der Waals surface area contributed by atoms with Crippen LogP contribution in [0.15, 0.2) is 54.7 Å². The molecule has 1 aromatic carbocycles. The highest BCUT2D eigenvalue weighted by molar-refractivity contribution is 5.98. The summed E-state index contributed by atoms with van der Waals surface area (Å²) in [4.78, 5) is 19.3. The maximum Gasteiger partial charge on any atom is 0.268 e. The Morgan fingerprint density at radius 3 is 2.83 bits per heavy atom. The number of hydrogen-bond acceptors (Lipinski definition) is 3. The van der Waals surface area contributed by atoms with Crippen molar-refractivity contribution in [3.8, 4) is 0 Å². The van der Waals surface area contributed by atoms with Gasteiger partial charge >= 0.3 is 0 Å². The summed E-state index contributed by atoms with van der Waals surface area (Å²) >= 11 is 0. The zero-order chi connectivity index (χ0) is 16.5. The van der Waals surface area contributed by atoms with E-state index < -0.39 is 0 Å². The molecule has 1 fully saturated rings. The molecule has 1 saturated heterocycles. The van der Waals surface area contributed by atoms with E-state index >= 15 is 0 Å². The van der Waals surface area contributed by atoms with Gasteiger partial charge in [-0.25, -0.2) is 4.98 Å². The predicted octanol–water partition coefficient (Wildman–Crippen LogP) is 2.58. The highest BCUT2D eigenvalue weighted by Gasteiger charge is 2.26. The molecule has 0 spiro atoms. The van der Waals surface area contributed by atoms with Gasteiger partial charge in [-0.15, -0.1) is 0 Å². The highest BCUT2D eigenvalue weighted by Crippen LogP contribution is 2.20. The van der Waals surface area contributed by atoms with Crippen LogP contribution in [0.3, 0.4) is 0 Å². The smallest absolute Gasteiger partial charge is 0.268 e. The third-order valence-electron chi connectivity index (χ3n) is 4.68. The lowest BCUT2D eigenvalue weighted by molar-refractivity contribution is 0.0932. The third kappa shape index (κ3) is 2.62. The van der Waals surface area contributed by atoms with E-state index in [1.165, 1.54) is 0 Å². The molecule has 1 aliphatic heterocycles. The standard InChI is InChI=1S/C19H20N4O/c1-22-16-7-3-2-6-14(16)12-17(22)19(24)21-15-9-11-23(13-15)18-8-4-5-10-20-18/h2-8,10,12,15H,9,11,13H2,1H3,(H,21,24). The number of fused-ring (bicyclic) bond motifs is 1. The molecule has 24 heavy (non-hydrogen) atoms. The monoisotopic (exact) mass is 320 g/mol. The lowest BCUT2D eigenvalue weighted by Gasteiger charge is -2.17. The number of amides is 1. The zero-order valence-corrected chi connectivity index (χ0v) is 13.6. The fourth-order valence-corrected chi connectivity index (χ4v) is 3.39. The van der Waals surface area contributed by atoms with E-state index in [0.717, 1.165) is 36.2 Å². The minimum atomic E-state index is -0.0124. The van der Waals surface area contributed by atoms with Gasteiger partial charge in [0.2, 0.25) is 0 Å². The third-order valence-corrected chi connectivity index (χ3v) is 4.68. The topological polar surface area (TPSA) is 50.2 Å². The van der Waals surface area contributed by atoms with Gasteiger partial charge in [-0.05, 0) is 30.7 Å². The molecule has 3 aromatic rings. The molecule has 4 rings (SSSR count). The summed E-state index contributed by atoms with van der Waals surface area (Å²) in [5, 5.41) is 4.26. The van der Waals surface area contributed by atoms with Gasteiger partial charge in [-0.1, -0.05) is 24.3 Å². The molecular weight excluding hydrogens is 300 g/mol. The van der Waals surface area contributed by atoms with E-state index in [4.69, 9.17) is 0 Å². The van der Waals surface area contributed by atoms with Crippen molar-refractivity contribution < 1.29 is 4.79 Å². The highest BCUT2D eigenvalue weighted by atomic mass is 16.2. The van der Waals surface area contributed by atoms with Crippen molar-refractivity contribution in [2.24, 2.45) is 7.05 Å². The van der Waals surface area contributed by atoms with Crippen molar-refractivity contribution in [1.29, 1.82) is 0 Å². The van der Waals surface area contributed by atoms with E-state index in [1.54, 1.807) is 6.20 Å². The normalized spacial score (nSPS) is 17.4. The Kier molecular flexibility index (Phi) is 3.69. The van der Waals surface area contributed by atoms with Crippen LogP contribution in [0.4, 0.5) is 5.82 Å². The maximum atomic E-state index is 12.7. The first kappa shape index (κ1) is 14.8. The van der Waals surface area contributed by atoms with Gasteiger partial charge in [0.15, 0.2) is 0 Å². The Hall–Kier alpha value is -2.82. The van der Waals surface area contributed by atoms with Crippen LogP contribution in [0.25, 0.3) is 10.9 Å². The molecule has 0 radical (unpaired) electrons. The first-order valence-corrected chi connectivity index (χ1v) is 8.23. The molecule has 5 nitrogen and oxygen atoms in total. The van der Waals surface area contributed by atoms with E-state index in [2.05, 4.69) is 15.2 Å². The van der Waals surface area contributed by atoms with Crippen molar-refractivity contribution in [2.45, 2.75) is 12.5 Å². The number of anilines is 1. The Morgan fingerprint density at radius 2 is 2.04 bits per heavy atom. The predicted molar refractivity (Wildman–Crippen MR) is 95.2 cm³/mol. The number of pyridine rings is 1. The average Bonchev–Trinajstić information content (AvgIpc) is 3.21. The minimum Gasteiger partial charge on any atom is -0.354 e. The zero-order valence-electron chi connectivity index (χ0n) is 13.6. The van der Waals surface area contributed by atoms with Gasteiger partial charge in [0.05, 0.1) is 0 Å². The van der Waals surface area contributed by atoms with Gasteiger partial charge in [-0.3, -0.25) is 4.79 Å². The fourth-order valence-electron chi connectivity index (χ4n) is 3.39. The maximum absolute atomic E-state index is 12.7. The van der Waals surface area contributed by atoms with Crippen LogP contribution in [-0.2, 0) is 7.05 Å². The first-order chi connectivity index (χ1) is 11.7. The molecule has 1 amide bonds. The number of carbonyl (C=O) groups excluding carboxylic acids is 1. The Morgan fingerprint density at radius 1 is 1.21 bits per heavy atom. The number of nitrogens with one attached hydrogen (secondary N) is 1. The van der Waals surface area contributed by atoms with Crippen LogP contribution in [0.2, 0.25) is 0 Å². The van der Waals surface area contributed by atoms with Crippen molar-refractivity contribution >= 4 is 22.6 Å². The van der Waals surface area contributed by atoms with Crippen LogP contribution in [0.5, 0.6) is 0 Å². The second-order valence-electron chi connectivity index (χ2n) is 6.24.